The first-order chi connectivity index (χ1) is 10.0. The van der Waals surface area contributed by atoms with E-state index in [1.807, 2.05) is 6.07 Å². The normalized spacial score (nSPS) is 10.0. The summed E-state index contributed by atoms with van der Waals surface area (Å²) < 4.78 is 11.3. The minimum atomic E-state index is -0.636. The quantitative estimate of drug-likeness (QED) is 0.879. The lowest BCUT2D eigenvalue weighted by atomic mass is 10.2. The van der Waals surface area contributed by atoms with E-state index >= 15 is 0 Å². The first-order valence-electron chi connectivity index (χ1n) is 5.86. The van der Waals surface area contributed by atoms with Gasteiger partial charge in [-0.1, -0.05) is 11.6 Å². The molecule has 0 spiro atoms. The molecule has 108 valence electrons. The highest BCUT2D eigenvalue weighted by molar-refractivity contribution is 6.32. The number of nitrogens with two attached hydrogens (primary N) is 1. The van der Waals surface area contributed by atoms with Gasteiger partial charge in [-0.25, -0.2) is 4.79 Å². The fourth-order valence-corrected chi connectivity index (χ4v) is 2.11. The maximum atomic E-state index is 11.9. The van der Waals surface area contributed by atoms with Gasteiger partial charge in [-0.3, -0.25) is 0 Å². The Labute approximate surface area is 126 Å². The predicted octanol–water partition coefficient (Wildman–Crippen LogP) is 2.38. The van der Waals surface area contributed by atoms with E-state index in [2.05, 4.69) is 0 Å². The molecule has 0 aliphatic carbocycles. The Morgan fingerprint density at radius 1 is 1.43 bits per heavy atom. The van der Waals surface area contributed by atoms with Gasteiger partial charge < -0.3 is 19.8 Å². The van der Waals surface area contributed by atoms with Crippen LogP contribution in [0, 0.1) is 11.3 Å². The van der Waals surface area contributed by atoms with Gasteiger partial charge in [-0.2, -0.15) is 5.26 Å². The smallest absolute Gasteiger partial charge is 0.357 e. The number of halogens is 1. The molecule has 0 bridgehead atoms. The van der Waals surface area contributed by atoms with Crippen LogP contribution in [0.15, 0.2) is 24.4 Å². The second-order valence-electron chi connectivity index (χ2n) is 4.10. The van der Waals surface area contributed by atoms with Crippen LogP contribution < -0.4 is 10.5 Å². The third kappa shape index (κ3) is 2.51. The summed E-state index contributed by atoms with van der Waals surface area (Å²) in [4.78, 5) is 11.9. The second kappa shape index (κ2) is 5.77. The first kappa shape index (κ1) is 14.8. The third-order valence-corrected chi connectivity index (χ3v) is 3.27. The minimum Gasteiger partial charge on any atom is -0.495 e. The molecule has 0 aliphatic rings. The molecule has 0 saturated carbocycles. The highest BCUT2D eigenvalue weighted by atomic mass is 35.5. The van der Waals surface area contributed by atoms with E-state index in [1.54, 1.807) is 18.2 Å². The predicted molar refractivity (Wildman–Crippen MR) is 77.8 cm³/mol. The molecule has 0 amide bonds. The van der Waals surface area contributed by atoms with E-state index < -0.39 is 5.97 Å². The maximum Gasteiger partial charge on any atom is 0.357 e. The molecule has 0 atom stereocenters. The van der Waals surface area contributed by atoms with Gasteiger partial charge >= 0.3 is 5.97 Å². The van der Waals surface area contributed by atoms with Gasteiger partial charge in [-0.15, -0.1) is 0 Å². The molecule has 1 aromatic carbocycles. The Morgan fingerprint density at radius 2 is 2.14 bits per heavy atom. The second-order valence-corrected chi connectivity index (χ2v) is 4.50. The number of ether oxygens (including phenoxy) is 2. The van der Waals surface area contributed by atoms with Gasteiger partial charge in [0.05, 0.1) is 30.5 Å². The number of rotatable bonds is 3. The van der Waals surface area contributed by atoms with Gasteiger partial charge in [0.15, 0.2) is 5.69 Å². The van der Waals surface area contributed by atoms with E-state index in [0.29, 0.717) is 16.5 Å². The van der Waals surface area contributed by atoms with Crippen molar-refractivity contribution >= 4 is 23.3 Å². The first-order valence-corrected chi connectivity index (χ1v) is 6.24. The molecule has 2 rings (SSSR count). The van der Waals surface area contributed by atoms with Gasteiger partial charge in [0.25, 0.3) is 0 Å². The molecule has 0 fully saturated rings. The summed E-state index contributed by atoms with van der Waals surface area (Å²) in [6, 6.07) is 6.87. The standard InChI is InChI=1S/C14H12ClN3O3/c1-20-11-5-9(3-4-10(11)15)18-7-8(6-16)12(17)13(18)14(19)21-2/h3-5,7H,17H2,1-2H3. The van der Waals surface area contributed by atoms with Gasteiger partial charge in [0, 0.05) is 18.0 Å². The third-order valence-electron chi connectivity index (χ3n) is 2.96. The Morgan fingerprint density at radius 3 is 2.71 bits per heavy atom. The van der Waals surface area contributed by atoms with Crippen molar-refractivity contribution in [3.8, 4) is 17.5 Å². The molecule has 0 unspecified atom stereocenters. The van der Waals surface area contributed by atoms with Crippen LogP contribution in [0.3, 0.4) is 0 Å². The zero-order valence-corrected chi connectivity index (χ0v) is 12.1. The summed E-state index contributed by atoms with van der Waals surface area (Å²) in [7, 11) is 2.73. The van der Waals surface area contributed by atoms with Gasteiger partial charge in [0.2, 0.25) is 0 Å². The van der Waals surface area contributed by atoms with Crippen LogP contribution in [0.1, 0.15) is 16.1 Å². The summed E-state index contributed by atoms with van der Waals surface area (Å²) in [5.41, 5.74) is 6.74. The minimum absolute atomic E-state index is 0.0678. The Kier molecular flexibility index (Phi) is 4.05. The van der Waals surface area contributed by atoms with Crippen molar-refractivity contribution in [1.82, 2.24) is 4.57 Å². The average molecular weight is 306 g/mol. The number of benzene rings is 1. The highest BCUT2D eigenvalue weighted by Crippen LogP contribution is 2.30. The zero-order valence-electron chi connectivity index (χ0n) is 11.4. The number of nitrogen functional groups attached to an aromatic ring is 1. The summed E-state index contributed by atoms with van der Waals surface area (Å²) >= 11 is 5.97. The fourth-order valence-electron chi connectivity index (χ4n) is 1.92. The van der Waals surface area contributed by atoms with Crippen molar-refractivity contribution in [2.75, 3.05) is 20.0 Å². The Balaban J connectivity index is 2.69. The molecule has 1 heterocycles. The van der Waals surface area contributed by atoms with Crippen LogP contribution in [0.4, 0.5) is 5.69 Å². The number of hydrogen-bond donors (Lipinski definition) is 1. The number of hydrogen-bond acceptors (Lipinski definition) is 5. The van der Waals surface area contributed by atoms with Crippen molar-refractivity contribution in [2.45, 2.75) is 0 Å². The topological polar surface area (TPSA) is 90.3 Å². The number of aromatic nitrogens is 1. The molecule has 2 N–H and O–H groups in total. The summed E-state index contributed by atoms with van der Waals surface area (Å²) in [5, 5.41) is 9.49. The molecule has 0 radical (unpaired) electrons. The van der Waals surface area contributed by atoms with Crippen molar-refractivity contribution in [2.24, 2.45) is 0 Å². The molecule has 6 nitrogen and oxygen atoms in total. The number of nitrogens with zero attached hydrogens (tertiary/aromatic N) is 2. The van der Waals surface area contributed by atoms with Crippen LogP contribution in [-0.4, -0.2) is 24.8 Å². The van der Waals surface area contributed by atoms with E-state index in [1.165, 1.54) is 25.0 Å². The van der Waals surface area contributed by atoms with Crippen LogP contribution in [0.25, 0.3) is 5.69 Å². The lowest BCUT2D eigenvalue weighted by Gasteiger charge is -2.10. The van der Waals surface area contributed by atoms with Crippen LogP contribution in [-0.2, 0) is 4.74 Å². The molecule has 7 heteroatoms. The van der Waals surface area contributed by atoms with Gasteiger partial charge in [0.1, 0.15) is 11.8 Å². The Hall–Kier alpha value is -2.65. The fraction of sp³-hybridized carbons (Fsp3) is 0.143. The zero-order chi connectivity index (χ0) is 15.6. The lowest BCUT2D eigenvalue weighted by molar-refractivity contribution is 0.0593. The van der Waals surface area contributed by atoms with Crippen LogP contribution in [0.5, 0.6) is 5.75 Å². The maximum absolute atomic E-state index is 11.9. The molecular weight excluding hydrogens is 294 g/mol. The lowest BCUT2D eigenvalue weighted by Crippen LogP contribution is -2.11. The summed E-state index contributed by atoms with van der Waals surface area (Å²) in [6.07, 6.45) is 1.46. The van der Waals surface area contributed by atoms with Crippen LogP contribution in [0.2, 0.25) is 5.02 Å². The summed E-state index contributed by atoms with van der Waals surface area (Å²) in [6.45, 7) is 0. The summed E-state index contributed by atoms with van der Waals surface area (Å²) in [5.74, 6) is -0.196. The molecule has 0 saturated heterocycles. The number of carbonyl (C=O) groups is 1. The van der Waals surface area contributed by atoms with Crippen molar-refractivity contribution in [3.63, 3.8) is 0 Å². The van der Waals surface area contributed by atoms with E-state index in [9.17, 15) is 4.79 Å². The average Bonchev–Trinajstić information content (AvgIpc) is 2.83. The number of nitriles is 1. The molecule has 1 aromatic heterocycles. The van der Waals surface area contributed by atoms with Crippen LogP contribution >= 0.6 is 11.6 Å². The van der Waals surface area contributed by atoms with E-state index in [0.717, 1.165) is 0 Å². The molecule has 21 heavy (non-hydrogen) atoms. The largest absolute Gasteiger partial charge is 0.495 e. The van der Waals surface area contributed by atoms with Crippen molar-refractivity contribution < 1.29 is 14.3 Å². The van der Waals surface area contributed by atoms with Gasteiger partial charge in [-0.05, 0) is 12.1 Å². The Bertz CT molecular complexity index is 747. The molecule has 0 aliphatic heterocycles. The van der Waals surface area contributed by atoms with E-state index in [4.69, 9.17) is 32.1 Å². The number of anilines is 1. The van der Waals surface area contributed by atoms with E-state index in [-0.39, 0.29) is 16.9 Å². The number of carbonyl (C=O) groups excluding carboxylic acids is 1. The molecule has 2 aromatic rings. The highest BCUT2D eigenvalue weighted by Gasteiger charge is 2.22. The molecular formula is C14H12ClN3O3. The monoisotopic (exact) mass is 305 g/mol. The van der Waals surface area contributed by atoms with Crippen molar-refractivity contribution in [1.29, 1.82) is 5.26 Å². The number of methoxy groups -OCH3 is 2. The van der Waals surface area contributed by atoms with Crippen molar-refractivity contribution in [3.05, 3.63) is 40.7 Å². The SMILES string of the molecule is COC(=O)c1c(N)c(C#N)cn1-c1ccc(Cl)c(OC)c1. The number of esters is 1.